The predicted octanol–water partition coefficient (Wildman–Crippen LogP) is 5.73. The third-order valence-electron chi connectivity index (χ3n) is 8.09. The third kappa shape index (κ3) is 7.93. The molecule has 0 spiro atoms. The van der Waals surface area contributed by atoms with Crippen LogP contribution in [0.4, 0.5) is 22.1 Å². The molecular formula is C31H38N6O6S2. The molecule has 0 aliphatic heterocycles. The van der Waals surface area contributed by atoms with E-state index in [0.29, 0.717) is 29.3 Å². The summed E-state index contributed by atoms with van der Waals surface area (Å²) < 4.78 is 57.8. The van der Waals surface area contributed by atoms with Gasteiger partial charge in [-0.15, -0.1) is 0 Å². The topological polar surface area (TPSA) is 174 Å². The Morgan fingerprint density at radius 3 is 2.33 bits per heavy atom. The van der Waals surface area contributed by atoms with Gasteiger partial charge in [-0.2, -0.15) is 0 Å². The van der Waals surface area contributed by atoms with E-state index in [-0.39, 0.29) is 21.4 Å². The Balaban J connectivity index is 1.24. The van der Waals surface area contributed by atoms with Crippen LogP contribution >= 0.6 is 0 Å². The summed E-state index contributed by atoms with van der Waals surface area (Å²) in [6.45, 7) is 2.69. The van der Waals surface area contributed by atoms with Crippen LogP contribution in [0.5, 0.6) is 0 Å². The van der Waals surface area contributed by atoms with E-state index in [2.05, 4.69) is 31.7 Å². The number of sulfonamides is 2. The summed E-state index contributed by atoms with van der Waals surface area (Å²) in [6.07, 6.45) is 6.36. The van der Waals surface area contributed by atoms with Crippen molar-refractivity contribution in [2.24, 2.45) is 5.92 Å². The van der Waals surface area contributed by atoms with Gasteiger partial charge in [-0.05, 0) is 73.4 Å². The van der Waals surface area contributed by atoms with Gasteiger partial charge in [0.25, 0.3) is 20.0 Å². The van der Waals surface area contributed by atoms with Crippen LogP contribution in [0.1, 0.15) is 51.0 Å². The highest BCUT2D eigenvalue weighted by molar-refractivity contribution is 7.93. The van der Waals surface area contributed by atoms with Crippen molar-refractivity contribution in [3.05, 3.63) is 72.3 Å². The zero-order chi connectivity index (χ0) is 32.2. The number of carboxylic acid groups (broad SMARTS) is 1. The molecule has 45 heavy (non-hydrogen) atoms. The number of carbonyl (C=O) groups is 1. The molecule has 1 saturated carbocycles. The first-order chi connectivity index (χ1) is 21.4. The molecule has 240 valence electrons. The maximum Gasteiger partial charge on any atom is 0.413 e. The van der Waals surface area contributed by atoms with E-state index in [9.17, 15) is 21.6 Å². The fraction of sp³-hybridized carbons (Fsp3) is 0.355. The lowest BCUT2D eigenvalue weighted by Gasteiger charge is -2.25. The lowest BCUT2D eigenvalue weighted by Crippen LogP contribution is -2.29. The van der Waals surface area contributed by atoms with Crippen LogP contribution in [0.2, 0.25) is 0 Å². The minimum Gasteiger partial charge on any atom is -0.465 e. The molecule has 0 saturated heterocycles. The number of rotatable bonds is 12. The molecule has 1 amide bonds. The average molecular weight is 655 g/mol. The molecule has 1 aliphatic carbocycles. The molecule has 12 nitrogen and oxygen atoms in total. The lowest BCUT2D eigenvalue weighted by atomic mass is 9.85. The number of amides is 1. The number of anilines is 3. The van der Waals surface area contributed by atoms with Gasteiger partial charge in [0.15, 0.2) is 0 Å². The van der Waals surface area contributed by atoms with Gasteiger partial charge in [-0.1, -0.05) is 50.3 Å². The number of fused-ring (bicyclic) bond motifs is 1. The predicted molar refractivity (Wildman–Crippen MR) is 175 cm³/mol. The average Bonchev–Trinajstić information content (AvgIpc) is 3.44. The Bertz CT molecular complexity index is 1870. The summed E-state index contributed by atoms with van der Waals surface area (Å²) in [6, 6.07) is 17.1. The van der Waals surface area contributed by atoms with Crippen molar-refractivity contribution in [2.75, 3.05) is 21.4 Å². The molecule has 0 radical (unpaired) electrons. The number of hydrogen-bond acceptors (Lipinski definition) is 7. The minimum atomic E-state index is -4.06. The molecule has 14 heteroatoms. The zero-order valence-corrected chi connectivity index (χ0v) is 26.8. The van der Waals surface area contributed by atoms with Crippen LogP contribution < -0.4 is 19.7 Å². The van der Waals surface area contributed by atoms with Crippen LogP contribution in [0.3, 0.4) is 0 Å². The fourth-order valence-corrected chi connectivity index (χ4v) is 7.76. The maximum absolute atomic E-state index is 13.3. The number of benzene rings is 3. The van der Waals surface area contributed by atoms with E-state index < -0.39 is 26.1 Å². The molecule has 0 bridgehead atoms. The third-order valence-corrected chi connectivity index (χ3v) is 10.8. The number of nitrogens with zero attached hydrogens (tertiary/aromatic N) is 2. The number of aromatic nitrogens is 2. The largest absolute Gasteiger partial charge is 0.465 e. The smallest absolute Gasteiger partial charge is 0.413 e. The number of imidazole rings is 1. The SMILES string of the molecule is C[C@@H](CC1CCCCC1)NCc1ccccc1NS(=O)(=O)c1ccc(NS(=O)(=O)c2ccc3nc(N(C)C(=O)O)[nH]c3c2)cc1. The first kappa shape index (κ1) is 32.3. The van der Waals surface area contributed by atoms with Gasteiger partial charge in [0, 0.05) is 25.3 Å². The van der Waals surface area contributed by atoms with Crippen LogP contribution in [-0.4, -0.2) is 51.1 Å². The summed E-state index contributed by atoms with van der Waals surface area (Å²) in [5.74, 6) is 0.789. The monoisotopic (exact) mass is 654 g/mol. The zero-order valence-electron chi connectivity index (χ0n) is 25.2. The highest BCUT2D eigenvalue weighted by Crippen LogP contribution is 2.28. The van der Waals surface area contributed by atoms with Gasteiger partial charge in [-0.3, -0.25) is 14.3 Å². The number of nitrogens with one attached hydrogen (secondary N) is 4. The highest BCUT2D eigenvalue weighted by atomic mass is 32.2. The van der Waals surface area contributed by atoms with Crippen molar-refractivity contribution in [2.45, 2.75) is 67.8 Å². The molecule has 1 atom stereocenters. The van der Waals surface area contributed by atoms with Gasteiger partial charge in [-0.25, -0.2) is 26.6 Å². The molecule has 5 rings (SSSR count). The van der Waals surface area contributed by atoms with Crippen LogP contribution in [0.15, 0.2) is 76.5 Å². The van der Waals surface area contributed by atoms with Crippen LogP contribution in [0.25, 0.3) is 11.0 Å². The molecule has 5 N–H and O–H groups in total. The first-order valence-electron chi connectivity index (χ1n) is 14.8. The Morgan fingerprint density at radius 2 is 1.62 bits per heavy atom. The van der Waals surface area contributed by atoms with Crippen molar-refractivity contribution >= 4 is 54.5 Å². The Hall–Kier alpha value is -4.14. The molecule has 3 aromatic carbocycles. The van der Waals surface area contributed by atoms with Gasteiger partial charge in [0.1, 0.15) is 0 Å². The first-order valence-corrected chi connectivity index (χ1v) is 17.8. The number of hydrogen-bond donors (Lipinski definition) is 5. The molecular weight excluding hydrogens is 617 g/mol. The normalized spacial score (nSPS) is 15.1. The lowest BCUT2D eigenvalue weighted by molar-refractivity contribution is 0.203. The second-order valence-corrected chi connectivity index (χ2v) is 14.9. The van der Waals surface area contributed by atoms with Crippen LogP contribution in [0, 0.1) is 5.92 Å². The number of para-hydroxylation sites is 1. The van der Waals surface area contributed by atoms with E-state index >= 15 is 0 Å². The summed E-state index contributed by atoms with van der Waals surface area (Å²) in [7, 11) is -6.70. The van der Waals surface area contributed by atoms with Gasteiger partial charge >= 0.3 is 6.09 Å². The number of H-pyrrole nitrogens is 1. The van der Waals surface area contributed by atoms with Crippen molar-refractivity contribution < 1.29 is 26.7 Å². The Kier molecular flexibility index (Phi) is 9.65. The van der Waals surface area contributed by atoms with Crippen molar-refractivity contribution in [1.29, 1.82) is 0 Å². The summed E-state index contributed by atoms with van der Waals surface area (Å²) >= 11 is 0. The van der Waals surface area contributed by atoms with E-state index in [4.69, 9.17) is 5.11 Å². The molecule has 1 fully saturated rings. The maximum atomic E-state index is 13.3. The van der Waals surface area contributed by atoms with Gasteiger partial charge < -0.3 is 15.4 Å². The van der Waals surface area contributed by atoms with E-state index in [0.717, 1.165) is 22.8 Å². The summed E-state index contributed by atoms with van der Waals surface area (Å²) in [4.78, 5) is 18.9. The van der Waals surface area contributed by atoms with Crippen molar-refractivity contribution in [3.8, 4) is 0 Å². The standard InChI is InChI=1S/C31H38N6O6S2/c1-21(18-22-8-4-3-5-9-22)32-20-23-10-6-7-11-27(23)36-44(40,41)25-14-12-24(13-15-25)35-45(42,43)26-16-17-28-29(19-26)34-30(33-28)37(2)31(38)39/h6-7,10-17,19,21-22,32,35-36H,3-5,8-9,18,20H2,1-2H3,(H,33,34)(H,38,39)/t21-/m0/s1. The Labute approximate surface area is 263 Å². The second kappa shape index (κ2) is 13.5. The van der Waals surface area contributed by atoms with Crippen LogP contribution in [-0.2, 0) is 26.6 Å². The highest BCUT2D eigenvalue weighted by Gasteiger charge is 2.21. The molecule has 0 unspecified atom stereocenters. The molecule has 1 aliphatic rings. The van der Waals surface area contributed by atoms with E-state index in [1.807, 2.05) is 12.1 Å². The van der Waals surface area contributed by atoms with Gasteiger partial charge in [0.2, 0.25) is 5.95 Å². The van der Waals surface area contributed by atoms with Crippen molar-refractivity contribution in [1.82, 2.24) is 15.3 Å². The van der Waals surface area contributed by atoms with E-state index in [1.165, 1.54) is 81.6 Å². The second-order valence-electron chi connectivity index (χ2n) is 11.5. The summed E-state index contributed by atoms with van der Waals surface area (Å²) in [5, 5.41) is 12.7. The van der Waals surface area contributed by atoms with Crippen molar-refractivity contribution in [3.63, 3.8) is 0 Å². The quantitative estimate of drug-likeness (QED) is 0.129. The number of aromatic amines is 1. The molecule has 1 heterocycles. The molecule has 1 aromatic heterocycles. The Morgan fingerprint density at radius 1 is 0.956 bits per heavy atom. The van der Waals surface area contributed by atoms with E-state index in [1.54, 1.807) is 12.1 Å². The summed E-state index contributed by atoms with van der Waals surface area (Å²) in [5.41, 5.74) is 2.21. The molecule has 4 aromatic rings. The minimum absolute atomic E-state index is 0.0205. The van der Waals surface area contributed by atoms with Gasteiger partial charge in [0.05, 0.1) is 26.5 Å². The fourth-order valence-electron chi connectivity index (χ4n) is 5.58.